The normalized spacial score (nSPS) is 18.1. The zero-order valence-electron chi connectivity index (χ0n) is 12.4. The lowest BCUT2D eigenvalue weighted by Gasteiger charge is -2.27. The van der Waals surface area contributed by atoms with E-state index in [1.165, 1.54) is 16.8 Å². The van der Waals surface area contributed by atoms with Crippen LogP contribution in [0.4, 0.5) is 5.69 Å². The van der Waals surface area contributed by atoms with Gasteiger partial charge in [-0.2, -0.15) is 0 Å². The van der Waals surface area contributed by atoms with Crippen LogP contribution in [0.15, 0.2) is 48.5 Å². The smallest absolute Gasteiger partial charge is 0.115 e. The highest BCUT2D eigenvalue weighted by Crippen LogP contribution is 2.26. The standard InChI is InChI=1S/C18H22N2O/c1-2-16-13-20(12-14-7-9-17(21)10-8-14)18-6-4-3-5-15(18)11-19-16/h3-10,16,19,21H,2,11-13H2,1H3. The highest BCUT2D eigenvalue weighted by atomic mass is 16.3. The molecule has 0 spiro atoms. The molecule has 110 valence electrons. The van der Waals surface area contributed by atoms with Crippen LogP contribution in [0.3, 0.4) is 0 Å². The second-order valence-corrected chi connectivity index (χ2v) is 5.66. The number of benzene rings is 2. The first-order chi connectivity index (χ1) is 10.3. The Morgan fingerprint density at radius 1 is 1.14 bits per heavy atom. The molecule has 0 aromatic heterocycles. The quantitative estimate of drug-likeness (QED) is 0.907. The molecule has 1 unspecified atom stereocenters. The molecule has 0 fully saturated rings. The topological polar surface area (TPSA) is 35.5 Å². The Morgan fingerprint density at radius 2 is 1.90 bits per heavy atom. The minimum absolute atomic E-state index is 0.322. The van der Waals surface area contributed by atoms with Crippen molar-refractivity contribution >= 4 is 5.69 Å². The van der Waals surface area contributed by atoms with Gasteiger partial charge in [0.05, 0.1) is 0 Å². The van der Waals surface area contributed by atoms with Crippen molar-refractivity contribution in [3.8, 4) is 5.75 Å². The molecule has 0 saturated carbocycles. The third-order valence-electron chi connectivity index (χ3n) is 4.16. The summed E-state index contributed by atoms with van der Waals surface area (Å²) >= 11 is 0. The van der Waals surface area contributed by atoms with E-state index in [0.717, 1.165) is 26.1 Å². The molecule has 0 bridgehead atoms. The number of nitrogens with one attached hydrogen (secondary N) is 1. The molecule has 2 N–H and O–H groups in total. The number of aromatic hydroxyl groups is 1. The van der Waals surface area contributed by atoms with Gasteiger partial charge in [0.2, 0.25) is 0 Å². The monoisotopic (exact) mass is 282 g/mol. The number of nitrogens with zero attached hydrogens (tertiary/aromatic N) is 1. The molecule has 2 aromatic rings. The third-order valence-corrected chi connectivity index (χ3v) is 4.16. The molecule has 1 atom stereocenters. The van der Waals surface area contributed by atoms with E-state index in [2.05, 4.69) is 41.4 Å². The lowest BCUT2D eigenvalue weighted by Crippen LogP contribution is -2.37. The number of hydrogen-bond donors (Lipinski definition) is 2. The molecule has 0 amide bonds. The molecule has 0 aliphatic carbocycles. The number of anilines is 1. The molecular weight excluding hydrogens is 260 g/mol. The van der Waals surface area contributed by atoms with E-state index in [0.29, 0.717) is 11.8 Å². The summed E-state index contributed by atoms with van der Waals surface area (Å²) in [4.78, 5) is 2.44. The van der Waals surface area contributed by atoms with Crippen molar-refractivity contribution in [3.05, 3.63) is 59.7 Å². The van der Waals surface area contributed by atoms with Crippen molar-refractivity contribution in [1.82, 2.24) is 5.32 Å². The van der Waals surface area contributed by atoms with Crippen LogP contribution in [0.2, 0.25) is 0 Å². The minimum atomic E-state index is 0.322. The summed E-state index contributed by atoms with van der Waals surface area (Å²) in [6.45, 7) is 5.04. The average molecular weight is 282 g/mol. The summed E-state index contributed by atoms with van der Waals surface area (Å²) in [5, 5.41) is 13.1. The summed E-state index contributed by atoms with van der Waals surface area (Å²) in [6.07, 6.45) is 1.13. The van der Waals surface area contributed by atoms with E-state index in [1.54, 1.807) is 12.1 Å². The fraction of sp³-hybridized carbons (Fsp3) is 0.333. The van der Waals surface area contributed by atoms with Crippen molar-refractivity contribution in [2.75, 3.05) is 11.4 Å². The first-order valence-corrected chi connectivity index (χ1v) is 7.60. The van der Waals surface area contributed by atoms with Gasteiger partial charge < -0.3 is 15.3 Å². The van der Waals surface area contributed by atoms with Crippen LogP contribution in [0.5, 0.6) is 5.75 Å². The lowest BCUT2D eigenvalue weighted by atomic mass is 10.1. The average Bonchev–Trinajstić information content (AvgIpc) is 2.69. The Hall–Kier alpha value is -2.00. The largest absolute Gasteiger partial charge is 0.508 e. The molecule has 3 rings (SSSR count). The van der Waals surface area contributed by atoms with E-state index in [4.69, 9.17) is 0 Å². The van der Waals surface area contributed by atoms with Crippen LogP contribution in [-0.4, -0.2) is 17.7 Å². The van der Waals surface area contributed by atoms with Gasteiger partial charge in [0.1, 0.15) is 5.75 Å². The van der Waals surface area contributed by atoms with Gasteiger partial charge in [-0.05, 0) is 35.7 Å². The predicted octanol–water partition coefficient (Wildman–Crippen LogP) is 3.28. The Kier molecular flexibility index (Phi) is 4.11. The van der Waals surface area contributed by atoms with E-state index in [-0.39, 0.29) is 0 Å². The van der Waals surface area contributed by atoms with Gasteiger partial charge in [-0.1, -0.05) is 37.3 Å². The Bertz CT molecular complexity index is 594. The SMILES string of the molecule is CCC1CN(Cc2ccc(O)cc2)c2ccccc2CN1. The van der Waals surface area contributed by atoms with Crippen LogP contribution in [0, 0.1) is 0 Å². The van der Waals surface area contributed by atoms with Crippen LogP contribution in [0.1, 0.15) is 24.5 Å². The van der Waals surface area contributed by atoms with E-state index >= 15 is 0 Å². The number of rotatable bonds is 3. The van der Waals surface area contributed by atoms with E-state index < -0.39 is 0 Å². The van der Waals surface area contributed by atoms with Gasteiger partial charge >= 0.3 is 0 Å². The van der Waals surface area contributed by atoms with E-state index in [9.17, 15) is 5.11 Å². The third kappa shape index (κ3) is 3.19. The van der Waals surface area contributed by atoms with Crippen molar-refractivity contribution in [2.24, 2.45) is 0 Å². The molecule has 0 saturated heterocycles. The molecular formula is C18H22N2O. The summed E-state index contributed by atoms with van der Waals surface area (Å²) in [5.41, 5.74) is 3.89. The molecule has 1 heterocycles. The highest BCUT2D eigenvalue weighted by Gasteiger charge is 2.20. The Morgan fingerprint density at radius 3 is 2.67 bits per heavy atom. The number of hydrogen-bond acceptors (Lipinski definition) is 3. The molecule has 3 heteroatoms. The molecule has 1 aliphatic heterocycles. The number of fused-ring (bicyclic) bond motifs is 1. The number of para-hydroxylation sites is 1. The fourth-order valence-corrected chi connectivity index (χ4v) is 2.90. The molecule has 2 aromatic carbocycles. The Balaban J connectivity index is 1.88. The minimum Gasteiger partial charge on any atom is -0.508 e. The maximum Gasteiger partial charge on any atom is 0.115 e. The predicted molar refractivity (Wildman–Crippen MR) is 86.5 cm³/mol. The van der Waals surface area contributed by atoms with Crippen LogP contribution in [0.25, 0.3) is 0 Å². The molecule has 21 heavy (non-hydrogen) atoms. The highest BCUT2D eigenvalue weighted by molar-refractivity contribution is 5.55. The summed E-state index contributed by atoms with van der Waals surface area (Å²) in [5.74, 6) is 0.322. The number of phenolic OH excluding ortho intramolecular Hbond substituents is 1. The second kappa shape index (κ2) is 6.19. The zero-order chi connectivity index (χ0) is 14.7. The fourth-order valence-electron chi connectivity index (χ4n) is 2.90. The van der Waals surface area contributed by atoms with Gasteiger partial charge in [-0.3, -0.25) is 0 Å². The van der Waals surface area contributed by atoms with Crippen molar-refractivity contribution in [3.63, 3.8) is 0 Å². The van der Waals surface area contributed by atoms with Gasteiger partial charge in [-0.25, -0.2) is 0 Å². The molecule has 3 nitrogen and oxygen atoms in total. The van der Waals surface area contributed by atoms with Crippen molar-refractivity contribution < 1.29 is 5.11 Å². The van der Waals surface area contributed by atoms with Crippen LogP contribution < -0.4 is 10.2 Å². The molecule has 0 radical (unpaired) electrons. The van der Waals surface area contributed by atoms with Gasteiger partial charge in [0.25, 0.3) is 0 Å². The molecule has 1 aliphatic rings. The maximum absolute atomic E-state index is 9.42. The van der Waals surface area contributed by atoms with Crippen molar-refractivity contribution in [2.45, 2.75) is 32.5 Å². The van der Waals surface area contributed by atoms with E-state index in [1.807, 2.05) is 12.1 Å². The maximum atomic E-state index is 9.42. The summed E-state index contributed by atoms with van der Waals surface area (Å²) < 4.78 is 0. The first kappa shape index (κ1) is 14.0. The van der Waals surface area contributed by atoms with Gasteiger partial charge in [0, 0.05) is 31.4 Å². The second-order valence-electron chi connectivity index (χ2n) is 5.66. The Labute approximate surface area is 126 Å². The summed E-state index contributed by atoms with van der Waals surface area (Å²) in [6, 6.07) is 16.6. The van der Waals surface area contributed by atoms with Crippen LogP contribution in [-0.2, 0) is 13.1 Å². The van der Waals surface area contributed by atoms with Gasteiger partial charge in [-0.15, -0.1) is 0 Å². The number of phenols is 1. The summed E-state index contributed by atoms with van der Waals surface area (Å²) in [7, 11) is 0. The zero-order valence-corrected chi connectivity index (χ0v) is 12.4. The van der Waals surface area contributed by atoms with Crippen LogP contribution >= 0.6 is 0 Å². The van der Waals surface area contributed by atoms with Crippen molar-refractivity contribution in [1.29, 1.82) is 0 Å². The first-order valence-electron chi connectivity index (χ1n) is 7.60. The van der Waals surface area contributed by atoms with Gasteiger partial charge in [0.15, 0.2) is 0 Å². The lowest BCUT2D eigenvalue weighted by molar-refractivity contribution is 0.475.